The van der Waals surface area contributed by atoms with Crippen molar-refractivity contribution < 1.29 is 0 Å². The molecule has 18 heavy (non-hydrogen) atoms. The second kappa shape index (κ2) is 4.75. The van der Waals surface area contributed by atoms with E-state index in [9.17, 15) is 0 Å². The van der Waals surface area contributed by atoms with Crippen molar-refractivity contribution in [3.8, 4) is 0 Å². The summed E-state index contributed by atoms with van der Waals surface area (Å²) < 4.78 is 0. The standard InChI is InChI=1S/C14H30N4/c1-12-8-14(9-15,11-16(12)4)18-7-6-17(5)13(2,3)10-18/h12H,6-11,15H2,1-5H3. The number of piperazine rings is 1. The molecular formula is C14H30N4. The molecule has 2 unspecified atom stereocenters. The smallest absolute Gasteiger partial charge is 0.0474 e. The Morgan fingerprint density at radius 2 is 1.83 bits per heavy atom. The van der Waals surface area contributed by atoms with Gasteiger partial charge in [0, 0.05) is 49.8 Å². The van der Waals surface area contributed by atoms with Gasteiger partial charge in [-0.15, -0.1) is 0 Å². The third-order valence-electron chi connectivity index (χ3n) is 5.34. The monoisotopic (exact) mass is 254 g/mol. The molecule has 0 aromatic heterocycles. The van der Waals surface area contributed by atoms with Crippen molar-refractivity contribution in [3.05, 3.63) is 0 Å². The lowest BCUT2D eigenvalue weighted by Crippen LogP contribution is -2.66. The number of likely N-dealkylation sites (tertiary alicyclic amines) is 1. The first-order chi connectivity index (χ1) is 8.31. The number of likely N-dealkylation sites (N-methyl/N-ethyl adjacent to an activating group) is 2. The van der Waals surface area contributed by atoms with Gasteiger partial charge in [0.2, 0.25) is 0 Å². The van der Waals surface area contributed by atoms with Gasteiger partial charge in [-0.25, -0.2) is 0 Å². The largest absolute Gasteiger partial charge is 0.329 e. The highest BCUT2D eigenvalue weighted by atomic mass is 15.4. The average Bonchev–Trinajstić information content (AvgIpc) is 2.60. The van der Waals surface area contributed by atoms with E-state index in [1.54, 1.807) is 0 Å². The Labute approximate surface area is 112 Å². The van der Waals surface area contributed by atoms with Gasteiger partial charge >= 0.3 is 0 Å². The molecule has 4 heteroatoms. The fraction of sp³-hybridized carbons (Fsp3) is 1.00. The van der Waals surface area contributed by atoms with Crippen molar-refractivity contribution in [2.24, 2.45) is 5.73 Å². The predicted molar refractivity (Wildman–Crippen MR) is 76.8 cm³/mol. The van der Waals surface area contributed by atoms with Crippen LogP contribution in [0.5, 0.6) is 0 Å². The SMILES string of the molecule is CC1CC(CN)(N2CCN(C)C(C)(C)C2)CN1C. The summed E-state index contributed by atoms with van der Waals surface area (Å²) in [6.45, 7) is 12.3. The third-order valence-corrected chi connectivity index (χ3v) is 5.34. The molecule has 0 aromatic rings. The van der Waals surface area contributed by atoms with Gasteiger partial charge < -0.3 is 10.6 Å². The van der Waals surface area contributed by atoms with Gasteiger partial charge in [0.15, 0.2) is 0 Å². The van der Waals surface area contributed by atoms with Crippen molar-refractivity contribution in [2.45, 2.75) is 44.3 Å². The molecule has 106 valence electrons. The second-order valence-electron chi connectivity index (χ2n) is 7.05. The first-order valence-corrected chi connectivity index (χ1v) is 7.17. The summed E-state index contributed by atoms with van der Waals surface area (Å²) in [5, 5.41) is 0. The summed E-state index contributed by atoms with van der Waals surface area (Å²) in [6, 6.07) is 0.649. The molecule has 0 radical (unpaired) electrons. The molecule has 0 aliphatic carbocycles. The molecule has 2 saturated heterocycles. The molecule has 2 atom stereocenters. The van der Waals surface area contributed by atoms with E-state index in [1.807, 2.05) is 0 Å². The van der Waals surface area contributed by atoms with Crippen LogP contribution in [0, 0.1) is 0 Å². The van der Waals surface area contributed by atoms with Gasteiger partial charge in [-0.1, -0.05) is 0 Å². The van der Waals surface area contributed by atoms with E-state index in [0.717, 1.165) is 32.7 Å². The quantitative estimate of drug-likeness (QED) is 0.775. The number of rotatable bonds is 2. The molecule has 2 N–H and O–H groups in total. The fourth-order valence-electron chi connectivity index (χ4n) is 3.54. The van der Waals surface area contributed by atoms with Crippen LogP contribution in [0.4, 0.5) is 0 Å². The molecular weight excluding hydrogens is 224 g/mol. The van der Waals surface area contributed by atoms with E-state index in [-0.39, 0.29) is 11.1 Å². The van der Waals surface area contributed by atoms with E-state index < -0.39 is 0 Å². The molecule has 0 amide bonds. The molecule has 0 spiro atoms. The van der Waals surface area contributed by atoms with E-state index in [0.29, 0.717) is 6.04 Å². The summed E-state index contributed by atoms with van der Waals surface area (Å²) in [6.07, 6.45) is 1.21. The molecule has 2 aliphatic heterocycles. The minimum atomic E-state index is 0.201. The summed E-state index contributed by atoms with van der Waals surface area (Å²) >= 11 is 0. The summed E-state index contributed by atoms with van der Waals surface area (Å²) in [4.78, 5) is 7.58. The Bertz CT molecular complexity index is 292. The van der Waals surface area contributed by atoms with Crippen molar-refractivity contribution in [2.75, 3.05) is 46.8 Å². The third kappa shape index (κ3) is 2.31. The summed E-state index contributed by atoms with van der Waals surface area (Å²) in [7, 11) is 4.46. The van der Waals surface area contributed by atoms with Gasteiger partial charge in [0.05, 0.1) is 0 Å². The highest BCUT2D eigenvalue weighted by Crippen LogP contribution is 2.34. The van der Waals surface area contributed by atoms with Gasteiger partial charge in [0.25, 0.3) is 0 Å². The second-order valence-corrected chi connectivity index (χ2v) is 7.05. The zero-order valence-corrected chi connectivity index (χ0v) is 12.7. The first-order valence-electron chi connectivity index (χ1n) is 7.17. The van der Waals surface area contributed by atoms with Crippen LogP contribution in [0.15, 0.2) is 0 Å². The Kier molecular flexibility index (Phi) is 3.76. The predicted octanol–water partition coefficient (Wildman–Crippen LogP) is 0.434. The summed E-state index contributed by atoms with van der Waals surface area (Å²) in [5.74, 6) is 0. The number of nitrogens with zero attached hydrogens (tertiary/aromatic N) is 3. The Hall–Kier alpha value is -0.160. The summed E-state index contributed by atoms with van der Waals surface area (Å²) in [5.41, 5.74) is 6.62. The van der Waals surface area contributed by atoms with Crippen LogP contribution in [-0.4, -0.2) is 78.6 Å². The van der Waals surface area contributed by atoms with Crippen LogP contribution in [0.3, 0.4) is 0 Å². The maximum atomic E-state index is 6.17. The zero-order chi connectivity index (χ0) is 13.6. The van der Waals surface area contributed by atoms with Crippen LogP contribution in [-0.2, 0) is 0 Å². The molecule has 0 aromatic carbocycles. The maximum absolute atomic E-state index is 6.17. The molecule has 2 rings (SSSR count). The zero-order valence-electron chi connectivity index (χ0n) is 12.7. The van der Waals surface area contributed by atoms with Gasteiger partial charge in [-0.05, 0) is 41.3 Å². The maximum Gasteiger partial charge on any atom is 0.0474 e. The van der Waals surface area contributed by atoms with Crippen LogP contribution in [0.1, 0.15) is 27.2 Å². The minimum absolute atomic E-state index is 0.201. The normalized spacial score (nSPS) is 39.3. The van der Waals surface area contributed by atoms with Crippen LogP contribution in [0.2, 0.25) is 0 Å². The van der Waals surface area contributed by atoms with Gasteiger partial charge in [-0.2, -0.15) is 0 Å². The highest BCUT2D eigenvalue weighted by molar-refractivity contribution is 5.05. The van der Waals surface area contributed by atoms with E-state index in [4.69, 9.17) is 5.73 Å². The first kappa shape index (κ1) is 14.3. The molecule has 0 saturated carbocycles. The van der Waals surface area contributed by atoms with Crippen molar-refractivity contribution in [1.82, 2.24) is 14.7 Å². The van der Waals surface area contributed by atoms with Crippen LogP contribution >= 0.6 is 0 Å². The lowest BCUT2D eigenvalue weighted by atomic mass is 9.89. The Balaban J connectivity index is 2.15. The van der Waals surface area contributed by atoms with E-state index in [2.05, 4.69) is 49.6 Å². The molecule has 2 aliphatic rings. The molecule has 2 fully saturated rings. The lowest BCUT2D eigenvalue weighted by Gasteiger charge is -2.51. The molecule has 4 nitrogen and oxygen atoms in total. The highest BCUT2D eigenvalue weighted by Gasteiger charge is 2.47. The van der Waals surface area contributed by atoms with Crippen LogP contribution < -0.4 is 5.73 Å². The van der Waals surface area contributed by atoms with Crippen molar-refractivity contribution in [3.63, 3.8) is 0 Å². The fourth-order valence-corrected chi connectivity index (χ4v) is 3.54. The number of nitrogens with two attached hydrogens (primary N) is 1. The van der Waals surface area contributed by atoms with Crippen molar-refractivity contribution >= 4 is 0 Å². The van der Waals surface area contributed by atoms with Gasteiger partial charge in [0.1, 0.15) is 0 Å². The van der Waals surface area contributed by atoms with Crippen LogP contribution in [0.25, 0.3) is 0 Å². The number of hydrogen-bond acceptors (Lipinski definition) is 4. The minimum Gasteiger partial charge on any atom is -0.329 e. The average molecular weight is 254 g/mol. The molecule has 0 bridgehead atoms. The number of hydrogen-bond donors (Lipinski definition) is 1. The topological polar surface area (TPSA) is 35.7 Å². The Morgan fingerprint density at radius 3 is 2.28 bits per heavy atom. The lowest BCUT2D eigenvalue weighted by molar-refractivity contribution is -0.0178. The van der Waals surface area contributed by atoms with Crippen molar-refractivity contribution in [1.29, 1.82) is 0 Å². The molecule has 2 heterocycles. The Morgan fingerprint density at radius 1 is 1.17 bits per heavy atom. The van der Waals surface area contributed by atoms with E-state index in [1.165, 1.54) is 6.42 Å². The van der Waals surface area contributed by atoms with Gasteiger partial charge in [-0.3, -0.25) is 9.80 Å². The van der Waals surface area contributed by atoms with E-state index >= 15 is 0 Å².